The van der Waals surface area contributed by atoms with E-state index in [1.807, 2.05) is 67.5 Å². The van der Waals surface area contributed by atoms with Gasteiger partial charge in [-0.3, -0.25) is 4.79 Å². The Morgan fingerprint density at radius 1 is 1.02 bits per heavy atom. The number of carbonyl (C=O) groups is 1. The van der Waals surface area contributed by atoms with Crippen molar-refractivity contribution in [1.29, 1.82) is 0 Å². The first-order valence-corrected chi connectivity index (χ1v) is 14.5. The Balaban J connectivity index is 1.27. The number of aliphatic hydroxyl groups is 1. The van der Waals surface area contributed by atoms with E-state index in [0.29, 0.717) is 32.1 Å². The highest BCUT2D eigenvalue weighted by molar-refractivity contribution is 5.83. The highest BCUT2D eigenvalue weighted by atomic mass is 16.6. The Labute approximate surface area is 241 Å². The van der Waals surface area contributed by atoms with E-state index in [9.17, 15) is 14.7 Å². The van der Waals surface area contributed by atoms with Crippen LogP contribution in [0.3, 0.4) is 0 Å². The Bertz CT molecular complexity index is 1450. The van der Waals surface area contributed by atoms with Gasteiger partial charge in [0.25, 0.3) is 5.56 Å². The van der Waals surface area contributed by atoms with E-state index >= 15 is 0 Å². The molecule has 9 nitrogen and oxygen atoms in total. The van der Waals surface area contributed by atoms with Gasteiger partial charge in [0.1, 0.15) is 18.8 Å². The van der Waals surface area contributed by atoms with Gasteiger partial charge < -0.3 is 33.7 Å². The number of hydrogen-bond acceptors (Lipinski definition) is 7. The Morgan fingerprint density at radius 2 is 1.76 bits per heavy atom. The van der Waals surface area contributed by atoms with E-state index in [2.05, 4.69) is 4.90 Å². The van der Waals surface area contributed by atoms with Gasteiger partial charge in [-0.25, -0.2) is 4.79 Å². The topological polar surface area (TPSA) is 93.5 Å². The van der Waals surface area contributed by atoms with Gasteiger partial charge in [0.2, 0.25) is 0 Å². The molecule has 1 N–H and O–H groups in total. The first-order chi connectivity index (χ1) is 19.6. The molecule has 5 rings (SSSR count). The van der Waals surface area contributed by atoms with Crippen molar-refractivity contribution >= 4 is 17.0 Å². The lowest BCUT2D eigenvalue weighted by atomic mass is 10.0. The average Bonchev–Trinajstić information content (AvgIpc) is 2.94. The van der Waals surface area contributed by atoms with Gasteiger partial charge in [0, 0.05) is 50.2 Å². The fourth-order valence-corrected chi connectivity index (χ4v) is 5.73. The summed E-state index contributed by atoms with van der Waals surface area (Å²) < 4.78 is 19.0. The third-order valence-electron chi connectivity index (χ3n) is 7.73. The first kappa shape index (κ1) is 29.0. The maximum atomic E-state index is 13.4. The number of aromatic nitrogens is 1. The molecule has 0 atom stereocenters. The molecule has 3 heterocycles. The monoisotopic (exact) mass is 563 g/mol. The number of piperidine rings is 1. The van der Waals surface area contributed by atoms with E-state index in [0.717, 1.165) is 65.8 Å². The predicted molar refractivity (Wildman–Crippen MR) is 158 cm³/mol. The Kier molecular flexibility index (Phi) is 8.56. The fourth-order valence-electron chi connectivity index (χ4n) is 5.73. The molecule has 0 bridgehead atoms. The third-order valence-corrected chi connectivity index (χ3v) is 7.73. The lowest BCUT2D eigenvalue weighted by Crippen LogP contribution is -2.49. The molecule has 1 amide bonds. The van der Waals surface area contributed by atoms with Crippen LogP contribution in [0.1, 0.15) is 50.3 Å². The Morgan fingerprint density at radius 3 is 2.46 bits per heavy atom. The smallest absolute Gasteiger partial charge is 0.410 e. The molecule has 1 saturated heterocycles. The van der Waals surface area contributed by atoms with E-state index in [4.69, 9.17) is 14.2 Å². The van der Waals surface area contributed by atoms with E-state index < -0.39 is 5.60 Å². The van der Waals surface area contributed by atoms with Gasteiger partial charge in [-0.05, 0) is 81.5 Å². The summed E-state index contributed by atoms with van der Waals surface area (Å²) in [6, 6.07) is 13.2. The van der Waals surface area contributed by atoms with Crippen LogP contribution in [0.4, 0.5) is 4.79 Å². The SMILES string of the molecule is Cc1cc(CO)c2ccc(=O)n(CCN3CCC(N(Cc4ccc5c(c4)OCCO5)C(=O)OC(C)(C)C)CC3)c2c1. The van der Waals surface area contributed by atoms with Crippen molar-refractivity contribution in [1.82, 2.24) is 14.4 Å². The summed E-state index contributed by atoms with van der Waals surface area (Å²) in [5.41, 5.74) is 3.03. The number of hydrogen-bond donors (Lipinski definition) is 1. The number of aliphatic hydroxyl groups excluding tert-OH is 1. The second kappa shape index (κ2) is 12.1. The van der Waals surface area contributed by atoms with Crippen molar-refractivity contribution in [3.8, 4) is 11.5 Å². The molecular weight excluding hydrogens is 522 g/mol. The van der Waals surface area contributed by atoms with Crippen molar-refractivity contribution in [2.45, 2.75) is 71.9 Å². The summed E-state index contributed by atoms with van der Waals surface area (Å²) in [5.74, 6) is 1.43. The standard InChI is InChI=1S/C32H41N3O6/c1-22-17-24(21-36)26-6-8-30(37)34(27(26)18-22)14-13-33-11-9-25(10-12-33)35(31(38)41-32(2,3)4)20-23-5-7-28-29(19-23)40-16-15-39-28/h5-8,17-19,25,36H,9-16,20-21H2,1-4H3. The molecule has 9 heteroatoms. The molecule has 2 aromatic carbocycles. The van der Waals surface area contributed by atoms with Crippen LogP contribution >= 0.6 is 0 Å². The molecule has 0 saturated carbocycles. The second-order valence-corrected chi connectivity index (χ2v) is 12.0. The number of amides is 1. The zero-order chi connectivity index (χ0) is 29.1. The number of aryl methyl sites for hydroxylation is 1. The highest BCUT2D eigenvalue weighted by Crippen LogP contribution is 2.32. The van der Waals surface area contributed by atoms with Crippen molar-refractivity contribution in [2.75, 3.05) is 32.8 Å². The average molecular weight is 564 g/mol. The minimum Gasteiger partial charge on any atom is -0.486 e. The minimum absolute atomic E-state index is 0.0318. The number of pyridine rings is 1. The maximum Gasteiger partial charge on any atom is 0.410 e. The second-order valence-electron chi connectivity index (χ2n) is 12.0. The number of carbonyl (C=O) groups excluding carboxylic acids is 1. The van der Waals surface area contributed by atoms with Gasteiger partial charge >= 0.3 is 6.09 Å². The number of ether oxygens (including phenoxy) is 3. The van der Waals surface area contributed by atoms with Crippen LogP contribution in [0.5, 0.6) is 11.5 Å². The van der Waals surface area contributed by atoms with Crippen LogP contribution in [0, 0.1) is 6.92 Å². The lowest BCUT2D eigenvalue weighted by Gasteiger charge is -2.39. The van der Waals surface area contributed by atoms with E-state index in [1.165, 1.54) is 0 Å². The largest absolute Gasteiger partial charge is 0.486 e. The third kappa shape index (κ3) is 6.85. The normalized spacial score (nSPS) is 16.1. The molecule has 0 radical (unpaired) electrons. The molecule has 2 aliphatic rings. The minimum atomic E-state index is -0.594. The van der Waals surface area contributed by atoms with Crippen LogP contribution in [0.2, 0.25) is 0 Å². The van der Waals surface area contributed by atoms with E-state index in [-0.39, 0.29) is 24.3 Å². The van der Waals surface area contributed by atoms with E-state index in [1.54, 1.807) is 12.1 Å². The molecule has 3 aromatic rings. The highest BCUT2D eigenvalue weighted by Gasteiger charge is 2.31. The lowest BCUT2D eigenvalue weighted by molar-refractivity contribution is 0.00562. The summed E-state index contributed by atoms with van der Waals surface area (Å²) in [5, 5.41) is 10.7. The molecule has 2 aliphatic heterocycles. The molecular formula is C32H41N3O6. The number of likely N-dealkylation sites (tertiary alicyclic amines) is 1. The quantitative estimate of drug-likeness (QED) is 0.453. The van der Waals surface area contributed by atoms with Crippen LogP contribution in [-0.4, -0.2) is 70.1 Å². The van der Waals surface area contributed by atoms with Gasteiger partial charge in [-0.2, -0.15) is 0 Å². The summed E-state index contributed by atoms with van der Waals surface area (Å²) in [6.45, 7) is 11.9. The predicted octanol–water partition coefficient (Wildman–Crippen LogP) is 4.48. The van der Waals surface area contributed by atoms with Crippen LogP contribution in [0.25, 0.3) is 10.9 Å². The van der Waals surface area contributed by atoms with Crippen molar-refractivity contribution in [3.63, 3.8) is 0 Å². The van der Waals surface area contributed by atoms with Crippen LogP contribution in [0.15, 0.2) is 47.3 Å². The molecule has 0 aliphatic carbocycles. The van der Waals surface area contributed by atoms with Crippen molar-refractivity contribution in [3.05, 3.63) is 69.5 Å². The summed E-state index contributed by atoms with van der Waals surface area (Å²) in [4.78, 5) is 30.4. The number of nitrogens with zero attached hydrogens (tertiary/aromatic N) is 3. The molecule has 41 heavy (non-hydrogen) atoms. The summed E-state index contributed by atoms with van der Waals surface area (Å²) in [7, 11) is 0. The molecule has 1 fully saturated rings. The van der Waals surface area contributed by atoms with Gasteiger partial charge in [-0.15, -0.1) is 0 Å². The summed E-state index contributed by atoms with van der Waals surface area (Å²) in [6.07, 6.45) is 1.30. The zero-order valence-corrected chi connectivity index (χ0v) is 24.5. The Hall–Kier alpha value is -3.56. The summed E-state index contributed by atoms with van der Waals surface area (Å²) >= 11 is 0. The fraction of sp³-hybridized carbons (Fsp3) is 0.500. The van der Waals surface area contributed by atoms with Gasteiger partial charge in [-0.1, -0.05) is 12.1 Å². The van der Waals surface area contributed by atoms with Crippen LogP contribution < -0.4 is 15.0 Å². The van der Waals surface area contributed by atoms with Crippen molar-refractivity contribution < 1.29 is 24.1 Å². The number of fused-ring (bicyclic) bond motifs is 2. The molecule has 220 valence electrons. The zero-order valence-electron chi connectivity index (χ0n) is 24.5. The van der Waals surface area contributed by atoms with Crippen molar-refractivity contribution in [2.24, 2.45) is 0 Å². The molecule has 0 spiro atoms. The molecule has 0 unspecified atom stereocenters. The number of benzene rings is 2. The molecule has 1 aromatic heterocycles. The first-order valence-electron chi connectivity index (χ1n) is 14.5. The number of rotatable bonds is 7. The van der Waals surface area contributed by atoms with Gasteiger partial charge in [0.15, 0.2) is 11.5 Å². The maximum absolute atomic E-state index is 13.4. The van der Waals surface area contributed by atoms with Gasteiger partial charge in [0.05, 0.1) is 12.1 Å². The van der Waals surface area contributed by atoms with Crippen LogP contribution in [-0.2, 0) is 24.4 Å².